The summed E-state index contributed by atoms with van der Waals surface area (Å²) < 4.78 is 32.5. The summed E-state index contributed by atoms with van der Waals surface area (Å²) in [5.41, 5.74) is 4.15. The molecule has 0 aromatic heterocycles. The third-order valence-corrected chi connectivity index (χ3v) is 7.08. The van der Waals surface area contributed by atoms with Gasteiger partial charge in [0.05, 0.1) is 18.5 Å². The van der Waals surface area contributed by atoms with Gasteiger partial charge in [-0.15, -0.1) is 0 Å². The van der Waals surface area contributed by atoms with Crippen molar-refractivity contribution in [2.24, 2.45) is 5.92 Å². The van der Waals surface area contributed by atoms with Gasteiger partial charge in [0, 0.05) is 12.6 Å². The van der Waals surface area contributed by atoms with Gasteiger partial charge in [0.1, 0.15) is 5.75 Å². The molecule has 0 unspecified atom stereocenters. The molecule has 160 valence electrons. The van der Waals surface area contributed by atoms with Crippen molar-refractivity contribution in [1.82, 2.24) is 10.2 Å². The Morgan fingerprint density at radius 2 is 1.93 bits per heavy atom. The maximum absolute atomic E-state index is 12.0. The third kappa shape index (κ3) is 8.07. The van der Waals surface area contributed by atoms with E-state index in [2.05, 4.69) is 17.1 Å². The van der Waals surface area contributed by atoms with E-state index in [1.807, 2.05) is 24.3 Å². The van der Waals surface area contributed by atoms with E-state index >= 15 is 0 Å². The van der Waals surface area contributed by atoms with Crippen LogP contribution in [0.15, 0.2) is 24.3 Å². The highest BCUT2D eigenvalue weighted by atomic mass is 32.2. The number of hydrogen-bond acceptors (Lipinski definition) is 5. The number of rotatable bonds is 12. The highest BCUT2D eigenvalue weighted by molar-refractivity contribution is 7.90. The highest BCUT2D eigenvalue weighted by Gasteiger charge is 2.26. The minimum absolute atomic E-state index is 0.0695. The first-order valence-corrected chi connectivity index (χ1v) is 12.0. The van der Waals surface area contributed by atoms with Crippen LogP contribution in [0.3, 0.4) is 0 Å². The van der Waals surface area contributed by atoms with E-state index in [0.29, 0.717) is 12.5 Å². The van der Waals surface area contributed by atoms with E-state index in [9.17, 15) is 8.42 Å². The molecule has 0 atom stereocenters. The minimum atomic E-state index is -3.18. The zero-order valence-corrected chi connectivity index (χ0v) is 18.3. The molecule has 6 nitrogen and oxygen atoms in total. The van der Waals surface area contributed by atoms with Gasteiger partial charge in [-0.05, 0) is 69.6 Å². The van der Waals surface area contributed by atoms with E-state index in [1.54, 1.807) is 13.8 Å². The van der Waals surface area contributed by atoms with Gasteiger partial charge >= 0.3 is 0 Å². The van der Waals surface area contributed by atoms with Crippen LogP contribution in [-0.4, -0.2) is 32.9 Å². The van der Waals surface area contributed by atoms with Crippen molar-refractivity contribution in [2.75, 3.05) is 13.2 Å². The fraction of sp³-hybridized carbons (Fsp3) is 0.714. The van der Waals surface area contributed by atoms with Crippen LogP contribution in [0.1, 0.15) is 64.9 Å². The molecule has 0 spiro atoms. The third-order valence-electron chi connectivity index (χ3n) is 5.18. The molecule has 0 aliphatic heterocycles. The summed E-state index contributed by atoms with van der Waals surface area (Å²) in [6, 6.07) is 8.07. The number of hydroxylamine groups is 1. The van der Waals surface area contributed by atoms with Crippen LogP contribution in [0.2, 0.25) is 0 Å². The number of hydrogen-bond donors (Lipinski definition) is 2. The predicted molar refractivity (Wildman–Crippen MR) is 113 cm³/mol. The van der Waals surface area contributed by atoms with Gasteiger partial charge in [-0.25, -0.2) is 18.6 Å². The van der Waals surface area contributed by atoms with E-state index in [0.717, 1.165) is 63.0 Å². The van der Waals surface area contributed by atoms with Crippen molar-refractivity contribution < 1.29 is 18.0 Å². The summed E-state index contributed by atoms with van der Waals surface area (Å²) in [5, 5.41) is -0.379. The number of ether oxygens (including phenoxy) is 1. The zero-order valence-electron chi connectivity index (χ0n) is 17.4. The Labute approximate surface area is 170 Å². The van der Waals surface area contributed by atoms with Gasteiger partial charge in [0.25, 0.3) is 0 Å². The van der Waals surface area contributed by atoms with Crippen LogP contribution < -0.4 is 14.9 Å². The zero-order chi connectivity index (χ0) is 20.4. The molecule has 1 aromatic rings. The highest BCUT2D eigenvalue weighted by Crippen LogP contribution is 2.24. The van der Waals surface area contributed by atoms with Crippen molar-refractivity contribution in [3.05, 3.63) is 29.8 Å². The van der Waals surface area contributed by atoms with Gasteiger partial charge in [-0.3, -0.25) is 4.84 Å². The largest absolute Gasteiger partial charge is 0.494 e. The Morgan fingerprint density at radius 1 is 1.18 bits per heavy atom. The van der Waals surface area contributed by atoms with Crippen molar-refractivity contribution in [3.63, 3.8) is 0 Å². The van der Waals surface area contributed by atoms with Crippen LogP contribution in [0, 0.1) is 5.92 Å². The lowest BCUT2D eigenvalue weighted by Gasteiger charge is -2.29. The first-order chi connectivity index (χ1) is 13.4. The molecule has 2 N–H and O–H groups in total. The monoisotopic (exact) mass is 412 g/mol. The fourth-order valence-electron chi connectivity index (χ4n) is 3.22. The van der Waals surface area contributed by atoms with Gasteiger partial charge in [-0.1, -0.05) is 25.5 Å². The number of sulfonamides is 1. The normalized spacial score (nSPS) is 20.4. The van der Waals surface area contributed by atoms with Crippen molar-refractivity contribution in [3.8, 4) is 5.75 Å². The summed E-state index contributed by atoms with van der Waals surface area (Å²) in [4.78, 5) is 5.62. The van der Waals surface area contributed by atoms with E-state index < -0.39 is 10.0 Å². The quantitative estimate of drug-likeness (QED) is 0.404. The Hall–Kier alpha value is -1.15. The van der Waals surface area contributed by atoms with Gasteiger partial charge in [0.2, 0.25) is 10.0 Å². The molecule has 1 aliphatic rings. The van der Waals surface area contributed by atoms with Gasteiger partial charge < -0.3 is 4.74 Å². The van der Waals surface area contributed by atoms with Crippen molar-refractivity contribution >= 4 is 10.0 Å². The summed E-state index contributed by atoms with van der Waals surface area (Å²) in [7, 11) is -3.18. The Kier molecular flexibility index (Phi) is 9.71. The second-order valence-electron chi connectivity index (χ2n) is 7.92. The first kappa shape index (κ1) is 23.1. The Balaban J connectivity index is 1.63. The van der Waals surface area contributed by atoms with Crippen LogP contribution in [-0.2, 0) is 21.5 Å². The summed E-state index contributed by atoms with van der Waals surface area (Å²) in [6.07, 6.45) is 5.96. The maximum atomic E-state index is 12.0. The molecular weight excluding hydrogens is 376 g/mol. The number of nitrogens with one attached hydrogen (secondary N) is 2. The lowest BCUT2D eigenvalue weighted by atomic mass is 9.86. The summed E-state index contributed by atoms with van der Waals surface area (Å²) in [6.45, 7) is 7.60. The second-order valence-corrected chi connectivity index (χ2v) is 10.2. The molecule has 0 heterocycles. The molecular formula is C21H36N2O4S. The molecule has 0 saturated heterocycles. The van der Waals surface area contributed by atoms with Crippen molar-refractivity contribution in [1.29, 1.82) is 0 Å². The number of benzene rings is 1. The van der Waals surface area contributed by atoms with E-state index in [4.69, 9.17) is 9.57 Å². The average Bonchev–Trinajstić information content (AvgIpc) is 2.67. The second kappa shape index (κ2) is 11.8. The molecule has 1 saturated carbocycles. The van der Waals surface area contributed by atoms with E-state index in [-0.39, 0.29) is 11.3 Å². The standard InChI is InChI=1S/C21H36N2O4S/c1-4-5-13-26-21-8-6-7-19(14-21)16-27-22-15-18-9-11-20(12-10-18)23-28(24,25)17(2)3/h6-8,14,17-18,20,22-23H,4-5,9-13,15-16H2,1-3H3. The molecule has 1 aliphatic carbocycles. The molecule has 0 bridgehead atoms. The predicted octanol–water partition coefficient (Wildman–Crippen LogP) is 3.77. The SMILES string of the molecule is CCCCOc1cccc(CONCC2CCC(NS(=O)(=O)C(C)C)CC2)c1. The topological polar surface area (TPSA) is 76.7 Å². The Morgan fingerprint density at radius 3 is 2.61 bits per heavy atom. The molecule has 2 rings (SSSR count). The minimum Gasteiger partial charge on any atom is -0.494 e. The van der Waals surface area contributed by atoms with Crippen LogP contribution in [0.4, 0.5) is 0 Å². The lowest BCUT2D eigenvalue weighted by molar-refractivity contribution is 0.0158. The smallest absolute Gasteiger partial charge is 0.214 e. The van der Waals surface area contributed by atoms with Crippen LogP contribution in [0.25, 0.3) is 0 Å². The maximum Gasteiger partial charge on any atom is 0.214 e. The molecule has 0 amide bonds. The van der Waals surface area contributed by atoms with Gasteiger partial charge in [0.15, 0.2) is 0 Å². The first-order valence-electron chi connectivity index (χ1n) is 10.5. The van der Waals surface area contributed by atoms with E-state index in [1.165, 1.54) is 0 Å². The molecule has 1 fully saturated rings. The molecule has 28 heavy (non-hydrogen) atoms. The van der Waals surface area contributed by atoms with Crippen LogP contribution in [0.5, 0.6) is 5.75 Å². The van der Waals surface area contributed by atoms with Crippen molar-refractivity contribution in [2.45, 2.75) is 77.2 Å². The molecule has 7 heteroatoms. The van der Waals surface area contributed by atoms with Gasteiger partial charge in [-0.2, -0.15) is 0 Å². The fourth-order valence-corrected chi connectivity index (χ4v) is 4.20. The Bertz CT molecular complexity index is 671. The summed E-state index contributed by atoms with van der Waals surface area (Å²) in [5.74, 6) is 1.40. The van der Waals surface area contributed by atoms with Crippen LogP contribution >= 0.6 is 0 Å². The molecule has 1 aromatic carbocycles. The molecule has 0 radical (unpaired) electrons. The number of unbranched alkanes of at least 4 members (excludes halogenated alkanes) is 1. The summed E-state index contributed by atoms with van der Waals surface area (Å²) >= 11 is 0. The lowest BCUT2D eigenvalue weighted by Crippen LogP contribution is -2.41. The average molecular weight is 413 g/mol.